The maximum absolute atomic E-state index is 13.5. The van der Waals surface area contributed by atoms with Crippen LogP contribution in [0.3, 0.4) is 0 Å². The average Bonchev–Trinajstić information content (AvgIpc) is 0.754. The predicted molar refractivity (Wildman–Crippen MR) is 313 cm³/mol. The van der Waals surface area contributed by atoms with Crippen LogP contribution in [0, 0.1) is 0 Å². The summed E-state index contributed by atoms with van der Waals surface area (Å²) in [7, 11) is -52.2. The van der Waals surface area contributed by atoms with E-state index in [0.29, 0.717) is 27.1 Å². The molecule has 0 spiro atoms. The van der Waals surface area contributed by atoms with Gasteiger partial charge in [-0.3, -0.25) is 41.0 Å². The summed E-state index contributed by atoms with van der Waals surface area (Å²) in [6, 6.07) is 0. The van der Waals surface area contributed by atoms with Crippen LogP contribution in [0.4, 0.5) is 0 Å². The van der Waals surface area contributed by atoms with E-state index in [4.69, 9.17) is 74.7 Å². The molecule has 25 unspecified atom stereocenters. The van der Waals surface area contributed by atoms with E-state index < -0.39 is 279 Å². The van der Waals surface area contributed by atoms with Crippen LogP contribution < -0.4 is 0 Å². The summed E-state index contributed by atoms with van der Waals surface area (Å²) in [4.78, 5) is 26.8. The minimum atomic E-state index is -6.40. The molecule has 0 aromatic rings. The number of hydrogen-bond donors (Lipinski definition) is 12. The minimum Gasteiger partial charge on any atom is -0.479 e. The summed E-state index contributed by atoms with van der Waals surface area (Å²) in [6.45, 7) is -2.25. The molecule has 105 heavy (non-hydrogen) atoms. The SMILES string of the molecule is CCCCOC1C(COS(=O)(=O)O)OC(OC2C(C(=O)O)OC(OC3C(COS(=O)(=O)O)OC(OC4C(C(=O)O)OC(OC5C(COS(=O)(=O)O)OC(O)C(OS(=O)(=O)O)C5OS(=O)(=O)O)C(OS(=O)(=O)O)C4OC)C(OS(=O)(=O)O)C3OS(=O)(=O)O)C(OC)C2OC)C(OS(=O)(=O)O)C1OCCCC. The van der Waals surface area contributed by atoms with Gasteiger partial charge < -0.3 is 81.6 Å². The maximum atomic E-state index is 13.5. The van der Waals surface area contributed by atoms with Gasteiger partial charge in [0.2, 0.25) is 0 Å². The van der Waals surface area contributed by atoms with Gasteiger partial charge in [-0.1, -0.05) is 26.7 Å². The zero-order valence-corrected chi connectivity index (χ0v) is 60.7. The zero-order valence-electron chi connectivity index (χ0n) is 53.4. The van der Waals surface area contributed by atoms with Gasteiger partial charge in [-0.05, 0) is 12.8 Å². The van der Waals surface area contributed by atoms with E-state index >= 15 is 0 Å². The maximum Gasteiger partial charge on any atom is 0.397 e. The van der Waals surface area contributed by atoms with Crippen molar-refractivity contribution >= 4 is 106 Å². The number of aliphatic carboxylic acids is 2. The molecule has 0 bridgehead atoms. The Hall–Kier alpha value is -2.83. The number of ether oxygens (including phenoxy) is 14. The van der Waals surface area contributed by atoms with Gasteiger partial charge in [0.25, 0.3) is 0 Å². The van der Waals surface area contributed by atoms with E-state index in [0.717, 1.165) is 7.11 Å². The molecule has 618 valence electrons. The number of hydrogen-bond acceptors (Lipinski definition) is 44. The summed E-state index contributed by atoms with van der Waals surface area (Å²) < 4.78 is 430. The standard InChI is InChI=1S/C41H70O55S9/c1-6-8-10-77-18-15(12-79-97(47,48)49)83-39(33(95-104(68,69)70)23(18)78-11-9-7-2)87-24-21(74-3)31(76-5)38(89-28(24)35(42)43)85-20-17(14-81-99(53,54)55)84-40(34(96-105(71,72)73)27(20)92-101(59,60)61)88-25-22(75-4)32(94-103(65,66)67)41(90-29(25)36(44)45)86-19-16(13-80-98(50,51)52)82-37(46)30(93-102(62,63)64)26(19)91-100(56,57)58/h15-34,37-41,46H,6-14H2,1-5H3,(H,42,43)(H,44,45)(H,47,48,49)(H,50,51,52)(H,53,54,55)(H,56,57,58)(H,59,60,61)(H,62,63,64)(H,65,66,67)(H,68,69,70)(H,71,72,73). The lowest BCUT2D eigenvalue weighted by molar-refractivity contribution is -0.385. The summed E-state index contributed by atoms with van der Waals surface area (Å²) >= 11 is 0. The lowest BCUT2D eigenvalue weighted by Crippen LogP contribution is -2.70. The first-order chi connectivity index (χ1) is 48.0. The lowest BCUT2D eigenvalue weighted by atomic mass is 9.95. The van der Waals surface area contributed by atoms with E-state index in [-0.39, 0.29) is 26.1 Å². The number of aliphatic hydroxyl groups is 1. The van der Waals surface area contributed by atoms with Crippen LogP contribution in [0.2, 0.25) is 0 Å². The second-order valence-electron chi connectivity index (χ2n) is 21.6. The van der Waals surface area contributed by atoms with E-state index in [1.807, 2.05) is 0 Å². The monoisotopic (exact) mass is 1730 g/mol. The number of aliphatic hydroxyl groups excluding tert-OH is 1. The summed E-state index contributed by atoms with van der Waals surface area (Å²) in [5.41, 5.74) is 0. The Bertz CT molecular complexity index is 3960. The van der Waals surface area contributed by atoms with Crippen molar-refractivity contribution in [2.75, 3.05) is 54.4 Å². The first-order valence-electron chi connectivity index (χ1n) is 28.6. The highest BCUT2D eigenvalue weighted by molar-refractivity contribution is 7.82. The molecule has 64 heteroatoms. The Labute approximate surface area is 595 Å². The molecule has 0 aliphatic carbocycles. The molecule has 5 fully saturated rings. The number of carbonyl (C=O) groups is 2. The number of rotatable bonds is 42. The van der Waals surface area contributed by atoms with Gasteiger partial charge in [-0.25, -0.2) is 47.2 Å². The Morgan fingerprint density at radius 1 is 0.314 bits per heavy atom. The summed E-state index contributed by atoms with van der Waals surface area (Å²) in [5.74, 6) is -4.76. The Kier molecular flexibility index (Phi) is 33.3. The molecular weight excluding hydrogens is 1660 g/mol. The highest BCUT2D eigenvalue weighted by Gasteiger charge is 2.63. The van der Waals surface area contributed by atoms with Crippen LogP contribution in [0.25, 0.3) is 0 Å². The summed E-state index contributed by atoms with van der Waals surface area (Å²) in [6.07, 6.45) is -68.7. The third-order valence-electron chi connectivity index (χ3n) is 14.4. The van der Waals surface area contributed by atoms with Crippen molar-refractivity contribution in [3.8, 4) is 0 Å². The van der Waals surface area contributed by atoms with E-state index in [1.165, 1.54) is 0 Å². The van der Waals surface area contributed by atoms with Gasteiger partial charge in [0.15, 0.2) is 68.1 Å². The Morgan fingerprint density at radius 2 is 0.581 bits per heavy atom. The quantitative estimate of drug-likeness (QED) is 0.0199. The van der Waals surface area contributed by atoms with Crippen LogP contribution in [-0.2, 0) is 207 Å². The van der Waals surface area contributed by atoms with Gasteiger partial charge in [-0.2, -0.15) is 75.8 Å². The first kappa shape index (κ1) is 92.8. The van der Waals surface area contributed by atoms with Crippen LogP contribution in [0.5, 0.6) is 0 Å². The molecule has 0 amide bonds. The largest absolute Gasteiger partial charge is 0.479 e. The number of carboxylic acids is 2. The van der Waals surface area contributed by atoms with Gasteiger partial charge in [-0.15, -0.1) is 0 Å². The topological polar surface area (TPSA) is 796 Å². The van der Waals surface area contributed by atoms with Crippen LogP contribution in [0.15, 0.2) is 0 Å². The van der Waals surface area contributed by atoms with Crippen molar-refractivity contribution in [1.82, 2.24) is 0 Å². The third kappa shape index (κ3) is 29.0. The van der Waals surface area contributed by atoms with Crippen LogP contribution in [0.1, 0.15) is 39.5 Å². The van der Waals surface area contributed by atoms with Gasteiger partial charge in [0.1, 0.15) is 85.5 Å². The molecule has 12 N–H and O–H groups in total. The fraction of sp³-hybridized carbons (Fsp3) is 0.951. The molecule has 5 saturated heterocycles. The fourth-order valence-electron chi connectivity index (χ4n) is 10.6. The van der Waals surface area contributed by atoms with Crippen molar-refractivity contribution in [3.05, 3.63) is 0 Å². The Balaban J connectivity index is 1.70. The van der Waals surface area contributed by atoms with Crippen molar-refractivity contribution in [1.29, 1.82) is 0 Å². The molecule has 5 aliphatic heterocycles. The highest BCUT2D eigenvalue weighted by atomic mass is 32.3. The molecule has 0 saturated carbocycles. The highest BCUT2D eigenvalue weighted by Crippen LogP contribution is 2.42. The van der Waals surface area contributed by atoms with Crippen molar-refractivity contribution in [3.63, 3.8) is 0 Å². The first-order valence-corrected chi connectivity index (χ1v) is 40.9. The van der Waals surface area contributed by atoms with Crippen LogP contribution in [-0.4, -0.2) is 352 Å². The second kappa shape index (κ2) is 37.7. The van der Waals surface area contributed by atoms with Crippen molar-refractivity contribution < 1.29 is 246 Å². The van der Waals surface area contributed by atoms with Crippen LogP contribution >= 0.6 is 0 Å². The molecule has 5 rings (SSSR count). The number of methoxy groups -OCH3 is 3. The fourth-order valence-corrected chi connectivity index (χ4v) is 14.4. The molecule has 25 atom stereocenters. The molecular formula is C41H70O55S9. The molecule has 0 aromatic heterocycles. The normalized spacial score (nSPS) is 35.2. The molecule has 0 aromatic carbocycles. The lowest BCUT2D eigenvalue weighted by Gasteiger charge is -2.51. The number of carboxylic acid groups (broad SMARTS) is 2. The van der Waals surface area contributed by atoms with Gasteiger partial charge in [0.05, 0.1) is 19.8 Å². The van der Waals surface area contributed by atoms with E-state index in [1.54, 1.807) is 13.8 Å². The summed E-state index contributed by atoms with van der Waals surface area (Å²) in [5, 5.41) is 32.2. The Morgan fingerprint density at radius 3 is 0.914 bits per heavy atom. The zero-order chi connectivity index (χ0) is 79.7. The van der Waals surface area contributed by atoms with Crippen molar-refractivity contribution in [2.24, 2.45) is 0 Å². The van der Waals surface area contributed by atoms with Gasteiger partial charge in [0, 0.05) is 34.5 Å². The van der Waals surface area contributed by atoms with E-state index in [9.17, 15) is 142 Å². The molecule has 55 nitrogen and oxygen atoms in total. The predicted octanol–water partition coefficient (Wildman–Crippen LogP) is -7.69. The van der Waals surface area contributed by atoms with Crippen molar-refractivity contribution in [2.45, 2.75) is 193 Å². The van der Waals surface area contributed by atoms with E-state index in [2.05, 4.69) is 29.3 Å². The molecule has 5 aliphatic rings. The number of unbranched alkanes of at least 4 members (excludes halogenated alkanes) is 2. The smallest absolute Gasteiger partial charge is 0.397 e. The minimum absolute atomic E-state index is 0.172. The molecule has 0 radical (unpaired) electrons. The third-order valence-corrected chi connectivity index (χ3v) is 18.5. The second-order valence-corrected chi connectivity index (χ2v) is 31.2. The average molecular weight is 1730 g/mol. The van der Waals surface area contributed by atoms with Gasteiger partial charge >= 0.3 is 106 Å². The molecule has 5 heterocycles.